The molecule has 0 spiro atoms. The second kappa shape index (κ2) is 6.96. The van der Waals surface area contributed by atoms with Crippen LogP contribution in [-0.4, -0.2) is 25.0 Å². The molecule has 0 aliphatic carbocycles. The van der Waals surface area contributed by atoms with Crippen LogP contribution in [0.25, 0.3) is 0 Å². The minimum absolute atomic E-state index is 0.229. The topological polar surface area (TPSA) is 52.3 Å². The fourth-order valence-electron chi connectivity index (χ4n) is 1.97. The van der Waals surface area contributed by atoms with E-state index in [0.29, 0.717) is 12.3 Å². The maximum Gasteiger partial charge on any atom is 0.149 e. The quantitative estimate of drug-likeness (QED) is 0.733. The number of rotatable bonds is 6. The first kappa shape index (κ1) is 12.7. The van der Waals surface area contributed by atoms with E-state index < -0.39 is 0 Å². The highest BCUT2D eigenvalue weighted by Crippen LogP contribution is 2.19. The van der Waals surface area contributed by atoms with Gasteiger partial charge in [0.25, 0.3) is 0 Å². The molecule has 3 heteroatoms. The van der Waals surface area contributed by atoms with Crippen molar-refractivity contribution in [2.45, 2.75) is 51.5 Å². The fourth-order valence-corrected chi connectivity index (χ4v) is 1.97. The third-order valence-corrected chi connectivity index (χ3v) is 3.11. The number of carbonyl (C=O) groups excluding carboxylic acids is 1. The maximum atomic E-state index is 11.8. The van der Waals surface area contributed by atoms with Gasteiger partial charge in [0.15, 0.2) is 0 Å². The van der Waals surface area contributed by atoms with Crippen LogP contribution < -0.4 is 5.73 Å². The van der Waals surface area contributed by atoms with E-state index in [1.165, 1.54) is 0 Å². The van der Waals surface area contributed by atoms with Gasteiger partial charge in [0.2, 0.25) is 0 Å². The van der Waals surface area contributed by atoms with Gasteiger partial charge in [-0.3, -0.25) is 4.79 Å². The fraction of sp³-hybridized carbons (Fsp3) is 0.917. The standard InChI is InChI=1S/C12H23NO2/c1-2-3-4-11(13)12(14)9-10-5-7-15-8-6-10/h10-11H,2-9,13H2,1H3. The summed E-state index contributed by atoms with van der Waals surface area (Å²) in [6.07, 6.45) is 5.71. The summed E-state index contributed by atoms with van der Waals surface area (Å²) < 4.78 is 5.26. The van der Waals surface area contributed by atoms with E-state index in [4.69, 9.17) is 10.5 Å². The summed E-state index contributed by atoms with van der Waals surface area (Å²) in [5.74, 6) is 0.759. The summed E-state index contributed by atoms with van der Waals surface area (Å²) in [5.41, 5.74) is 5.84. The molecule has 1 fully saturated rings. The van der Waals surface area contributed by atoms with Crippen LogP contribution in [0.1, 0.15) is 45.4 Å². The first-order chi connectivity index (χ1) is 7.24. The molecule has 1 rings (SSSR count). The molecule has 1 aliphatic heterocycles. The molecule has 1 unspecified atom stereocenters. The third-order valence-electron chi connectivity index (χ3n) is 3.11. The number of hydrogen-bond acceptors (Lipinski definition) is 3. The molecule has 0 aromatic carbocycles. The molecule has 0 aromatic rings. The molecule has 0 saturated carbocycles. The summed E-state index contributed by atoms with van der Waals surface area (Å²) >= 11 is 0. The minimum atomic E-state index is -0.229. The van der Waals surface area contributed by atoms with E-state index in [1.807, 2.05) is 0 Å². The van der Waals surface area contributed by atoms with Gasteiger partial charge in [0.1, 0.15) is 5.78 Å². The van der Waals surface area contributed by atoms with E-state index in [1.54, 1.807) is 0 Å². The highest BCUT2D eigenvalue weighted by Gasteiger charge is 2.20. The molecule has 0 radical (unpaired) electrons. The van der Waals surface area contributed by atoms with Crippen LogP contribution in [0.2, 0.25) is 0 Å². The molecule has 0 bridgehead atoms. The zero-order valence-electron chi connectivity index (χ0n) is 9.71. The van der Waals surface area contributed by atoms with Crippen LogP contribution in [0.5, 0.6) is 0 Å². The van der Waals surface area contributed by atoms with Crippen molar-refractivity contribution < 1.29 is 9.53 Å². The summed E-state index contributed by atoms with van der Waals surface area (Å²) in [4.78, 5) is 11.8. The van der Waals surface area contributed by atoms with Crippen LogP contribution >= 0.6 is 0 Å². The van der Waals surface area contributed by atoms with Crippen molar-refractivity contribution in [3.8, 4) is 0 Å². The summed E-state index contributed by atoms with van der Waals surface area (Å²) in [6, 6.07) is -0.229. The Morgan fingerprint density at radius 3 is 2.73 bits per heavy atom. The molecule has 1 saturated heterocycles. The Hall–Kier alpha value is -0.410. The Kier molecular flexibility index (Phi) is 5.88. The lowest BCUT2D eigenvalue weighted by molar-refractivity contribution is -0.122. The van der Waals surface area contributed by atoms with Crippen LogP contribution in [-0.2, 0) is 9.53 Å². The van der Waals surface area contributed by atoms with Gasteiger partial charge in [0.05, 0.1) is 6.04 Å². The van der Waals surface area contributed by atoms with Crippen LogP contribution in [0.3, 0.4) is 0 Å². The highest BCUT2D eigenvalue weighted by molar-refractivity contribution is 5.83. The molecule has 0 amide bonds. The van der Waals surface area contributed by atoms with Crippen molar-refractivity contribution in [3.05, 3.63) is 0 Å². The molecule has 1 atom stereocenters. The lowest BCUT2D eigenvalue weighted by Gasteiger charge is -2.22. The van der Waals surface area contributed by atoms with Crippen LogP contribution in [0.4, 0.5) is 0 Å². The average molecular weight is 213 g/mol. The molecule has 15 heavy (non-hydrogen) atoms. The molecule has 0 aromatic heterocycles. The van der Waals surface area contributed by atoms with E-state index in [2.05, 4.69) is 6.92 Å². The van der Waals surface area contributed by atoms with Crippen molar-refractivity contribution in [2.75, 3.05) is 13.2 Å². The Morgan fingerprint density at radius 1 is 1.47 bits per heavy atom. The van der Waals surface area contributed by atoms with E-state index in [9.17, 15) is 4.79 Å². The molecule has 3 nitrogen and oxygen atoms in total. The van der Waals surface area contributed by atoms with Gasteiger partial charge in [0, 0.05) is 19.6 Å². The normalized spacial score (nSPS) is 20.1. The average Bonchev–Trinajstić information content (AvgIpc) is 2.27. The third kappa shape index (κ3) is 4.76. The zero-order chi connectivity index (χ0) is 11.1. The first-order valence-corrected chi connectivity index (χ1v) is 6.10. The van der Waals surface area contributed by atoms with Crippen molar-refractivity contribution >= 4 is 5.78 Å². The van der Waals surface area contributed by atoms with Gasteiger partial charge < -0.3 is 10.5 Å². The predicted molar refractivity (Wildman–Crippen MR) is 60.7 cm³/mol. The summed E-state index contributed by atoms with van der Waals surface area (Å²) in [5, 5.41) is 0. The van der Waals surface area contributed by atoms with Crippen LogP contribution in [0.15, 0.2) is 0 Å². The second-order valence-corrected chi connectivity index (χ2v) is 4.47. The van der Waals surface area contributed by atoms with Gasteiger partial charge in [-0.2, -0.15) is 0 Å². The molecular weight excluding hydrogens is 190 g/mol. The van der Waals surface area contributed by atoms with Gasteiger partial charge in [-0.1, -0.05) is 19.8 Å². The van der Waals surface area contributed by atoms with Crippen molar-refractivity contribution in [1.82, 2.24) is 0 Å². The summed E-state index contributed by atoms with van der Waals surface area (Å²) in [7, 11) is 0. The first-order valence-electron chi connectivity index (χ1n) is 6.10. The molecule has 1 aliphatic rings. The molecule has 88 valence electrons. The number of ether oxygens (including phenoxy) is 1. The lowest BCUT2D eigenvalue weighted by atomic mass is 9.91. The van der Waals surface area contributed by atoms with Gasteiger partial charge in [-0.25, -0.2) is 0 Å². The van der Waals surface area contributed by atoms with Gasteiger partial charge in [-0.15, -0.1) is 0 Å². The number of carbonyl (C=O) groups is 1. The second-order valence-electron chi connectivity index (χ2n) is 4.47. The lowest BCUT2D eigenvalue weighted by Crippen LogP contribution is -2.32. The maximum absolute atomic E-state index is 11.8. The Balaban J connectivity index is 2.20. The molecular formula is C12H23NO2. The number of hydrogen-bond donors (Lipinski definition) is 1. The van der Waals surface area contributed by atoms with Crippen LogP contribution in [0, 0.1) is 5.92 Å². The SMILES string of the molecule is CCCCC(N)C(=O)CC1CCOCC1. The molecule has 2 N–H and O–H groups in total. The monoisotopic (exact) mass is 213 g/mol. The number of ketones is 1. The number of nitrogens with two attached hydrogens (primary N) is 1. The number of Topliss-reactive ketones (excluding diaryl/α,β-unsaturated/α-hetero) is 1. The van der Waals surface area contributed by atoms with E-state index in [-0.39, 0.29) is 11.8 Å². The highest BCUT2D eigenvalue weighted by atomic mass is 16.5. The summed E-state index contributed by atoms with van der Waals surface area (Å²) in [6.45, 7) is 3.74. The minimum Gasteiger partial charge on any atom is -0.381 e. The predicted octanol–water partition coefficient (Wildman–Crippen LogP) is 1.89. The van der Waals surface area contributed by atoms with Gasteiger partial charge in [-0.05, 0) is 25.2 Å². The zero-order valence-corrected chi connectivity index (χ0v) is 9.71. The largest absolute Gasteiger partial charge is 0.381 e. The van der Waals surface area contributed by atoms with Crippen molar-refractivity contribution in [1.29, 1.82) is 0 Å². The van der Waals surface area contributed by atoms with Gasteiger partial charge >= 0.3 is 0 Å². The Bertz CT molecular complexity index is 188. The Morgan fingerprint density at radius 2 is 2.13 bits per heavy atom. The van der Waals surface area contributed by atoms with E-state index in [0.717, 1.165) is 45.3 Å². The number of unbranched alkanes of at least 4 members (excludes halogenated alkanes) is 1. The smallest absolute Gasteiger partial charge is 0.149 e. The van der Waals surface area contributed by atoms with Crippen molar-refractivity contribution in [2.24, 2.45) is 11.7 Å². The molecule has 1 heterocycles. The Labute approximate surface area is 92.4 Å². The van der Waals surface area contributed by atoms with E-state index >= 15 is 0 Å². The van der Waals surface area contributed by atoms with Crippen molar-refractivity contribution in [3.63, 3.8) is 0 Å².